The number of amides is 1. The van der Waals surface area contributed by atoms with Crippen molar-refractivity contribution in [2.24, 2.45) is 0 Å². The Morgan fingerprint density at radius 3 is 2.61 bits per heavy atom. The summed E-state index contributed by atoms with van der Waals surface area (Å²) in [6.07, 6.45) is 0. The van der Waals surface area contributed by atoms with Gasteiger partial charge in [0.2, 0.25) is 0 Å². The number of halogens is 1. The van der Waals surface area contributed by atoms with E-state index in [4.69, 9.17) is 5.26 Å². The van der Waals surface area contributed by atoms with Gasteiger partial charge in [-0.1, -0.05) is 24.3 Å². The van der Waals surface area contributed by atoms with Crippen molar-refractivity contribution in [1.29, 1.82) is 5.26 Å². The molecule has 4 heteroatoms. The molecule has 0 radical (unpaired) electrons. The van der Waals surface area contributed by atoms with Crippen LogP contribution in [-0.4, -0.2) is 11.9 Å². The fourth-order valence-corrected chi connectivity index (χ4v) is 1.77. The minimum atomic E-state index is -0.582. The zero-order valence-electron chi connectivity index (χ0n) is 9.77. The van der Waals surface area contributed by atoms with Crippen LogP contribution in [0, 0.1) is 17.1 Å². The molecular weight excluding hydrogens is 231 g/mol. The second kappa shape index (κ2) is 4.84. The van der Waals surface area contributed by atoms with Crippen LogP contribution in [0.25, 0.3) is 10.8 Å². The highest BCUT2D eigenvalue weighted by molar-refractivity contribution is 6.07. The van der Waals surface area contributed by atoms with E-state index >= 15 is 0 Å². The predicted molar refractivity (Wildman–Crippen MR) is 66.4 cm³/mol. The first-order chi connectivity index (χ1) is 8.63. The van der Waals surface area contributed by atoms with Gasteiger partial charge in [0, 0.05) is 10.9 Å². The summed E-state index contributed by atoms with van der Waals surface area (Å²) in [6, 6.07) is 10.8. The lowest BCUT2D eigenvalue weighted by molar-refractivity contribution is 0.0949. The topological polar surface area (TPSA) is 52.9 Å². The summed E-state index contributed by atoms with van der Waals surface area (Å²) < 4.78 is 13.6. The van der Waals surface area contributed by atoms with Crippen LogP contribution in [0.1, 0.15) is 17.3 Å². The Balaban J connectivity index is 2.49. The minimum absolute atomic E-state index is 0.365. The molecule has 1 N–H and O–H groups in total. The van der Waals surface area contributed by atoms with E-state index in [1.165, 1.54) is 12.1 Å². The maximum atomic E-state index is 13.6. The van der Waals surface area contributed by atoms with Gasteiger partial charge in [-0.15, -0.1) is 0 Å². The first kappa shape index (κ1) is 12.1. The van der Waals surface area contributed by atoms with Crippen molar-refractivity contribution in [2.75, 3.05) is 0 Å². The molecule has 18 heavy (non-hydrogen) atoms. The van der Waals surface area contributed by atoms with E-state index in [-0.39, 0.29) is 11.7 Å². The number of nitriles is 1. The van der Waals surface area contributed by atoms with Crippen molar-refractivity contribution in [3.63, 3.8) is 0 Å². The summed E-state index contributed by atoms with van der Waals surface area (Å²) in [4.78, 5) is 12.0. The molecule has 0 aliphatic carbocycles. The van der Waals surface area contributed by atoms with E-state index < -0.39 is 6.04 Å². The van der Waals surface area contributed by atoms with Gasteiger partial charge < -0.3 is 5.32 Å². The number of carbonyl (C=O) groups is 1. The third-order valence-corrected chi connectivity index (χ3v) is 2.66. The summed E-state index contributed by atoms with van der Waals surface area (Å²) in [5.41, 5.74) is 0.370. The van der Waals surface area contributed by atoms with Gasteiger partial charge in [-0.05, 0) is 24.4 Å². The molecule has 0 spiro atoms. The van der Waals surface area contributed by atoms with Crippen LogP contribution in [0.2, 0.25) is 0 Å². The summed E-state index contributed by atoms with van der Waals surface area (Å²) in [5.74, 6) is -0.740. The molecule has 0 heterocycles. The Labute approximate surface area is 104 Å². The molecule has 0 saturated carbocycles. The van der Waals surface area contributed by atoms with Crippen molar-refractivity contribution in [1.82, 2.24) is 5.32 Å². The Hall–Kier alpha value is -2.41. The first-order valence-corrected chi connectivity index (χ1v) is 5.51. The van der Waals surface area contributed by atoms with Crippen LogP contribution < -0.4 is 5.32 Å². The smallest absolute Gasteiger partial charge is 0.252 e. The summed E-state index contributed by atoms with van der Waals surface area (Å²) in [6.45, 7) is 1.59. The van der Waals surface area contributed by atoms with Gasteiger partial charge in [-0.25, -0.2) is 4.39 Å². The number of nitrogens with zero attached hydrogens (tertiary/aromatic N) is 1. The second-order valence-corrected chi connectivity index (χ2v) is 3.96. The molecule has 1 unspecified atom stereocenters. The lowest BCUT2D eigenvalue weighted by atomic mass is 10.0. The summed E-state index contributed by atoms with van der Waals surface area (Å²) in [7, 11) is 0. The molecule has 2 aromatic carbocycles. The average Bonchev–Trinajstić information content (AvgIpc) is 2.39. The number of hydrogen-bond donors (Lipinski definition) is 1. The Bertz CT molecular complexity index is 646. The van der Waals surface area contributed by atoms with Gasteiger partial charge in [-0.3, -0.25) is 4.79 Å². The van der Waals surface area contributed by atoms with E-state index in [1.807, 2.05) is 6.07 Å². The van der Waals surface area contributed by atoms with Crippen LogP contribution in [0.5, 0.6) is 0 Å². The SMILES string of the molecule is CC(C#N)NC(=O)c1ccc(F)c2ccccc12. The quantitative estimate of drug-likeness (QED) is 0.880. The Morgan fingerprint density at radius 1 is 1.28 bits per heavy atom. The van der Waals surface area contributed by atoms with E-state index in [2.05, 4.69) is 5.32 Å². The Morgan fingerprint density at radius 2 is 1.94 bits per heavy atom. The third-order valence-electron chi connectivity index (χ3n) is 2.66. The molecule has 0 aliphatic heterocycles. The molecule has 2 aromatic rings. The molecule has 3 nitrogen and oxygen atoms in total. The van der Waals surface area contributed by atoms with E-state index in [1.54, 1.807) is 31.2 Å². The lowest BCUT2D eigenvalue weighted by Crippen LogP contribution is -2.31. The zero-order chi connectivity index (χ0) is 13.1. The number of fused-ring (bicyclic) bond motifs is 1. The van der Waals surface area contributed by atoms with Gasteiger partial charge in [-0.2, -0.15) is 5.26 Å². The van der Waals surface area contributed by atoms with Crippen LogP contribution in [-0.2, 0) is 0 Å². The lowest BCUT2D eigenvalue weighted by Gasteiger charge is -2.09. The molecule has 0 saturated heterocycles. The van der Waals surface area contributed by atoms with Crippen LogP contribution in [0.15, 0.2) is 36.4 Å². The largest absolute Gasteiger partial charge is 0.337 e. The van der Waals surface area contributed by atoms with Gasteiger partial charge >= 0.3 is 0 Å². The monoisotopic (exact) mass is 242 g/mol. The van der Waals surface area contributed by atoms with Crippen LogP contribution >= 0.6 is 0 Å². The third kappa shape index (κ3) is 2.16. The van der Waals surface area contributed by atoms with Crippen LogP contribution in [0.3, 0.4) is 0 Å². The zero-order valence-corrected chi connectivity index (χ0v) is 9.77. The number of benzene rings is 2. The molecule has 0 fully saturated rings. The number of nitrogens with one attached hydrogen (secondary N) is 1. The van der Waals surface area contributed by atoms with Crippen molar-refractivity contribution >= 4 is 16.7 Å². The van der Waals surface area contributed by atoms with Gasteiger partial charge in [0.1, 0.15) is 11.9 Å². The average molecular weight is 242 g/mol. The molecule has 2 rings (SSSR count). The highest BCUT2D eigenvalue weighted by atomic mass is 19.1. The molecule has 0 bridgehead atoms. The molecule has 1 atom stereocenters. The second-order valence-electron chi connectivity index (χ2n) is 3.96. The number of carbonyl (C=O) groups excluding carboxylic acids is 1. The maximum Gasteiger partial charge on any atom is 0.252 e. The van der Waals surface area contributed by atoms with E-state index in [0.29, 0.717) is 16.3 Å². The standard InChI is InChI=1S/C14H11FN2O/c1-9(8-16)17-14(18)12-6-7-13(15)11-5-3-2-4-10(11)12/h2-7,9H,1H3,(H,17,18). The number of hydrogen-bond acceptors (Lipinski definition) is 2. The fraction of sp³-hybridized carbons (Fsp3) is 0.143. The van der Waals surface area contributed by atoms with Crippen molar-refractivity contribution in [3.8, 4) is 6.07 Å². The molecule has 0 aromatic heterocycles. The van der Waals surface area contributed by atoms with Crippen molar-refractivity contribution in [2.45, 2.75) is 13.0 Å². The maximum absolute atomic E-state index is 13.6. The first-order valence-electron chi connectivity index (χ1n) is 5.51. The van der Waals surface area contributed by atoms with Crippen molar-refractivity contribution in [3.05, 3.63) is 47.8 Å². The minimum Gasteiger partial charge on any atom is -0.337 e. The molecule has 0 aliphatic rings. The van der Waals surface area contributed by atoms with Crippen molar-refractivity contribution < 1.29 is 9.18 Å². The highest BCUT2D eigenvalue weighted by Gasteiger charge is 2.13. The summed E-state index contributed by atoms with van der Waals surface area (Å²) >= 11 is 0. The number of rotatable bonds is 2. The molecule has 90 valence electrons. The summed E-state index contributed by atoms with van der Waals surface area (Å²) in [5, 5.41) is 12.1. The van der Waals surface area contributed by atoms with E-state index in [0.717, 1.165) is 0 Å². The normalized spacial score (nSPS) is 11.8. The van der Waals surface area contributed by atoms with Gasteiger partial charge in [0.05, 0.1) is 6.07 Å². The van der Waals surface area contributed by atoms with Gasteiger partial charge in [0.15, 0.2) is 0 Å². The van der Waals surface area contributed by atoms with E-state index in [9.17, 15) is 9.18 Å². The van der Waals surface area contributed by atoms with Gasteiger partial charge in [0.25, 0.3) is 5.91 Å². The predicted octanol–water partition coefficient (Wildman–Crippen LogP) is 2.62. The molecular formula is C14H11FN2O. The fourth-order valence-electron chi connectivity index (χ4n) is 1.77. The Kier molecular flexibility index (Phi) is 3.24. The highest BCUT2D eigenvalue weighted by Crippen LogP contribution is 2.21. The molecule has 1 amide bonds. The van der Waals surface area contributed by atoms with Crippen LogP contribution in [0.4, 0.5) is 4.39 Å².